The molecule has 78 valence electrons. The fraction of sp³-hybridized carbons (Fsp3) is 0.500. The van der Waals surface area contributed by atoms with Gasteiger partial charge >= 0.3 is 0 Å². The van der Waals surface area contributed by atoms with E-state index in [9.17, 15) is 5.11 Å². The third-order valence-corrected chi connectivity index (χ3v) is 2.10. The zero-order valence-electron chi connectivity index (χ0n) is 9.08. The molecule has 0 aliphatic carbocycles. The number of hydrogen-bond donors (Lipinski definition) is 1. The van der Waals surface area contributed by atoms with Gasteiger partial charge in [0.25, 0.3) is 0 Å². The highest BCUT2D eigenvalue weighted by atomic mass is 16.5. The first-order valence-electron chi connectivity index (χ1n) is 5.16. The van der Waals surface area contributed by atoms with E-state index in [0.29, 0.717) is 6.61 Å². The molecule has 1 atom stereocenters. The molecule has 1 aromatic rings. The lowest BCUT2D eigenvalue weighted by atomic mass is 10.0. The molecule has 0 aromatic heterocycles. The van der Waals surface area contributed by atoms with E-state index < -0.39 is 0 Å². The summed E-state index contributed by atoms with van der Waals surface area (Å²) in [5.41, 5.74) is 2.33. The molecule has 0 amide bonds. The van der Waals surface area contributed by atoms with Crippen molar-refractivity contribution >= 4 is 0 Å². The van der Waals surface area contributed by atoms with Gasteiger partial charge in [-0.1, -0.05) is 31.5 Å². The molecule has 0 spiro atoms. The Labute approximate surface area is 85.5 Å². The topological polar surface area (TPSA) is 29.5 Å². The standard InChI is InChI=1S/C10H12O2.C2H6/c1-7-2-3-10-8(4-7)5-9(11)6-12-10;1-2/h2-4,9,11H,5-6H2,1H3;1-2H3. The van der Waals surface area contributed by atoms with E-state index in [4.69, 9.17) is 4.74 Å². The average molecular weight is 194 g/mol. The summed E-state index contributed by atoms with van der Waals surface area (Å²) in [6.45, 7) is 6.47. The van der Waals surface area contributed by atoms with Gasteiger partial charge in [0.1, 0.15) is 12.4 Å². The Morgan fingerprint density at radius 3 is 2.79 bits per heavy atom. The van der Waals surface area contributed by atoms with Gasteiger partial charge in [0.05, 0.1) is 6.10 Å². The number of aliphatic hydroxyl groups is 1. The van der Waals surface area contributed by atoms with Crippen molar-refractivity contribution in [2.75, 3.05) is 6.61 Å². The van der Waals surface area contributed by atoms with Gasteiger partial charge in [0.15, 0.2) is 0 Å². The van der Waals surface area contributed by atoms with Crippen molar-refractivity contribution in [2.24, 2.45) is 0 Å². The Bertz CT molecular complexity index is 294. The average Bonchev–Trinajstić information content (AvgIpc) is 2.20. The second kappa shape index (κ2) is 5.01. The summed E-state index contributed by atoms with van der Waals surface area (Å²) in [6.07, 6.45) is 0.385. The highest BCUT2D eigenvalue weighted by Gasteiger charge is 2.16. The van der Waals surface area contributed by atoms with Crippen molar-refractivity contribution in [1.29, 1.82) is 0 Å². The van der Waals surface area contributed by atoms with Gasteiger partial charge < -0.3 is 9.84 Å². The van der Waals surface area contributed by atoms with E-state index in [0.717, 1.165) is 17.7 Å². The van der Waals surface area contributed by atoms with Crippen LogP contribution in [0.15, 0.2) is 18.2 Å². The molecule has 0 fully saturated rings. The van der Waals surface area contributed by atoms with Crippen molar-refractivity contribution in [1.82, 2.24) is 0 Å². The molecule has 1 aliphatic rings. The SMILES string of the molecule is CC.Cc1ccc2c(c1)CC(O)CO2. The van der Waals surface area contributed by atoms with E-state index in [2.05, 4.69) is 6.07 Å². The molecule has 0 bridgehead atoms. The second-order valence-corrected chi connectivity index (χ2v) is 3.28. The molecular weight excluding hydrogens is 176 g/mol. The molecular formula is C12H18O2. The maximum Gasteiger partial charge on any atom is 0.122 e. The first-order valence-corrected chi connectivity index (χ1v) is 5.16. The molecule has 1 N–H and O–H groups in total. The first-order chi connectivity index (χ1) is 6.75. The normalized spacial score (nSPS) is 18.7. The number of aryl methyl sites for hydroxylation is 1. The summed E-state index contributed by atoms with van der Waals surface area (Å²) in [7, 11) is 0. The zero-order valence-corrected chi connectivity index (χ0v) is 9.08. The largest absolute Gasteiger partial charge is 0.491 e. The summed E-state index contributed by atoms with van der Waals surface area (Å²) in [5, 5.41) is 9.32. The second-order valence-electron chi connectivity index (χ2n) is 3.28. The van der Waals surface area contributed by atoms with Crippen LogP contribution >= 0.6 is 0 Å². The number of fused-ring (bicyclic) bond motifs is 1. The molecule has 0 radical (unpaired) electrons. The summed E-state index contributed by atoms with van der Waals surface area (Å²) >= 11 is 0. The Hall–Kier alpha value is -1.02. The molecule has 2 heteroatoms. The van der Waals surface area contributed by atoms with Crippen LogP contribution in [-0.2, 0) is 6.42 Å². The fourth-order valence-electron chi connectivity index (χ4n) is 1.51. The van der Waals surface area contributed by atoms with Crippen LogP contribution < -0.4 is 4.74 Å². The highest BCUT2D eigenvalue weighted by molar-refractivity contribution is 5.38. The van der Waals surface area contributed by atoms with Crippen molar-refractivity contribution < 1.29 is 9.84 Å². The zero-order chi connectivity index (χ0) is 10.6. The van der Waals surface area contributed by atoms with Crippen molar-refractivity contribution in [3.8, 4) is 5.75 Å². The van der Waals surface area contributed by atoms with Crippen molar-refractivity contribution in [3.05, 3.63) is 29.3 Å². The van der Waals surface area contributed by atoms with Gasteiger partial charge in [-0.2, -0.15) is 0 Å². The van der Waals surface area contributed by atoms with Gasteiger partial charge in [-0.15, -0.1) is 0 Å². The summed E-state index contributed by atoms with van der Waals surface area (Å²) in [4.78, 5) is 0. The lowest BCUT2D eigenvalue weighted by Crippen LogP contribution is -2.25. The monoisotopic (exact) mass is 194 g/mol. The van der Waals surface area contributed by atoms with Crippen LogP contribution in [0, 0.1) is 6.92 Å². The lowest BCUT2D eigenvalue weighted by Gasteiger charge is -2.21. The van der Waals surface area contributed by atoms with Gasteiger partial charge in [0, 0.05) is 6.42 Å². The molecule has 0 saturated carbocycles. The Morgan fingerprint density at radius 1 is 1.36 bits per heavy atom. The Morgan fingerprint density at radius 2 is 2.07 bits per heavy atom. The predicted octanol–water partition coefficient (Wildman–Crippen LogP) is 2.32. The maximum atomic E-state index is 9.32. The van der Waals surface area contributed by atoms with Crippen molar-refractivity contribution in [2.45, 2.75) is 33.3 Å². The quantitative estimate of drug-likeness (QED) is 0.686. The van der Waals surface area contributed by atoms with Crippen LogP contribution in [0.5, 0.6) is 5.75 Å². The van der Waals surface area contributed by atoms with Crippen molar-refractivity contribution in [3.63, 3.8) is 0 Å². The van der Waals surface area contributed by atoms with Crippen LogP contribution in [0.3, 0.4) is 0 Å². The summed E-state index contributed by atoms with van der Waals surface area (Å²) in [6, 6.07) is 6.06. The predicted molar refractivity (Wildman–Crippen MR) is 57.7 cm³/mol. The van der Waals surface area contributed by atoms with Crippen LogP contribution in [-0.4, -0.2) is 17.8 Å². The van der Waals surface area contributed by atoms with Crippen LogP contribution in [0.2, 0.25) is 0 Å². The molecule has 1 aliphatic heterocycles. The number of aliphatic hydroxyl groups excluding tert-OH is 1. The molecule has 1 unspecified atom stereocenters. The maximum absolute atomic E-state index is 9.32. The number of benzene rings is 1. The Balaban J connectivity index is 0.000000461. The van der Waals surface area contributed by atoms with E-state index in [1.54, 1.807) is 0 Å². The molecule has 0 saturated heterocycles. The lowest BCUT2D eigenvalue weighted by molar-refractivity contribution is 0.0921. The number of hydrogen-bond acceptors (Lipinski definition) is 2. The summed E-state index contributed by atoms with van der Waals surface area (Å²) in [5.74, 6) is 0.922. The Kier molecular flexibility index (Phi) is 3.96. The minimum absolute atomic E-state index is 0.334. The van der Waals surface area contributed by atoms with E-state index in [-0.39, 0.29) is 6.10 Å². The van der Waals surface area contributed by atoms with E-state index in [1.807, 2.05) is 32.9 Å². The van der Waals surface area contributed by atoms with Crippen LogP contribution in [0.1, 0.15) is 25.0 Å². The molecule has 2 nitrogen and oxygen atoms in total. The van der Waals surface area contributed by atoms with Gasteiger partial charge in [-0.3, -0.25) is 0 Å². The molecule has 1 heterocycles. The molecule has 2 rings (SSSR count). The first kappa shape index (κ1) is 11.1. The third kappa shape index (κ3) is 2.48. The van der Waals surface area contributed by atoms with Gasteiger partial charge in [-0.25, -0.2) is 0 Å². The van der Waals surface area contributed by atoms with Gasteiger partial charge in [0.2, 0.25) is 0 Å². The number of rotatable bonds is 0. The van der Waals surface area contributed by atoms with Crippen LogP contribution in [0.4, 0.5) is 0 Å². The molecule has 14 heavy (non-hydrogen) atoms. The summed E-state index contributed by atoms with van der Waals surface area (Å²) < 4.78 is 5.34. The minimum Gasteiger partial charge on any atom is -0.491 e. The smallest absolute Gasteiger partial charge is 0.122 e. The van der Waals surface area contributed by atoms with Gasteiger partial charge in [-0.05, 0) is 18.6 Å². The third-order valence-electron chi connectivity index (χ3n) is 2.10. The van der Waals surface area contributed by atoms with E-state index in [1.165, 1.54) is 5.56 Å². The fourth-order valence-corrected chi connectivity index (χ4v) is 1.51. The minimum atomic E-state index is -0.334. The number of ether oxygens (including phenoxy) is 1. The molecule has 1 aromatic carbocycles. The highest BCUT2D eigenvalue weighted by Crippen LogP contribution is 2.25. The van der Waals surface area contributed by atoms with Crippen LogP contribution in [0.25, 0.3) is 0 Å². The van der Waals surface area contributed by atoms with E-state index >= 15 is 0 Å².